The summed E-state index contributed by atoms with van der Waals surface area (Å²) in [4.78, 5) is 28.2. The summed E-state index contributed by atoms with van der Waals surface area (Å²) in [5.74, 6) is 1.01. The minimum Gasteiger partial charge on any atom is -0.468 e. The molecule has 128 valence electrons. The molecule has 1 aliphatic rings. The van der Waals surface area contributed by atoms with Gasteiger partial charge in [0.15, 0.2) is 0 Å². The summed E-state index contributed by atoms with van der Waals surface area (Å²) in [6.45, 7) is 5.86. The highest BCUT2D eigenvalue weighted by Gasteiger charge is 2.34. The van der Waals surface area contributed by atoms with Gasteiger partial charge >= 0.3 is 0 Å². The number of likely N-dealkylation sites (N-methyl/N-ethyl adjacent to an activating group) is 1. The maximum Gasteiger partial charge on any atom is 0.225 e. The Kier molecular flexibility index (Phi) is 5.82. The van der Waals surface area contributed by atoms with E-state index in [9.17, 15) is 9.59 Å². The van der Waals surface area contributed by atoms with E-state index in [1.54, 1.807) is 11.2 Å². The predicted octanol–water partition coefficient (Wildman–Crippen LogP) is 1.50. The average Bonchev–Trinajstić information content (AvgIpc) is 3.09. The molecule has 2 heterocycles. The first kappa shape index (κ1) is 17.5. The van der Waals surface area contributed by atoms with E-state index in [4.69, 9.17) is 4.42 Å². The van der Waals surface area contributed by atoms with Gasteiger partial charge in [0.25, 0.3) is 0 Å². The quantitative estimate of drug-likeness (QED) is 0.826. The lowest BCUT2D eigenvalue weighted by atomic mass is 10.1. The molecule has 0 radical (unpaired) electrons. The van der Waals surface area contributed by atoms with Crippen LogP contribution in [0.2, 0.25) is 0 Å². The highest BCUT2D eigenvalue weighted by atomic mass is 16.3. The van der Waals surface area contributed by atoms with E-state index in [0.717, 1.165) is 12.3 Å². The molecule has 23 heavy (non-hydrogen) atoms. The maximum atomic E-state index is 12.4. The number of carbonyl (C=O) groups is 2. The topological polar surface area (TPSA) is 65.8 Å². The van der Waals surface area contributed by atoms with Gasteiger partial charge in [-0.05, 0) is 32.1 Å². The Balaban J connectivity index is 1.88. The summed E-state index contributed by atoms with van der Waals surface area (Å²) >= 11 is 0. The van der Waals surface area contributed by atoms with Crippen LogP contribution in [0.3, 0.4) is 0 Å². The molecule has 1 aromatic rings. The van der Waals surface area contributed by atoms with Gasteiger partial charge in [-0.15, -0.1) is 0 Å². The summed E-state index contributed by atoms with van der Waals surface area (Å²) in [6.07, 6.45) is 1.94. The Morgan fingerprint density at radius 2 is 2.22 bits per heavy atom. The molecule has 1 aromatic heterocycles. The van der Waals surface area contributed by atoms with Gasteiger partial charge in [-0.1, -0.05) is 13.8 Å². The summed E-state index contributed by atoms with van der Waals surface area (Å²) < 4.78 is 5.44. The fraction of sp³-hybridized carbons (Fsp3) is 0.647. The minimum atomic E-state index is -0.249. The number of nitrogens with one attached hydrogen (secondary N) is 1. The second-order valence-corrected chi connectivity index (χ2v) is 6.83. The molecule has 1 N–H and O–H groups in total. The van der Waals surface area contributed by atoms with Gasteiger partial charge in [-0.25, -0.2) is 0 Å². The number of furan rings is 1. The molecule has 6 heteroatoms. The van der Waals surface area contributed by atoms with Crippen LogP contribution >= 0.6 is 0 Å². The number of amides is 2. The van der Waals surface area contributed by atoms with Gasteiger partial charge in [0.2, 0.25) is 11.8 Å². The molecule has 6 nitrogen and oxygen atoms in total. The number of carbonyl (C=O) groups excluding carboxylic acids is 2. The Morgan fingerprint density at radius 3 is 2.78 bits per heavy atom. The highest BCUT2D eigenvalue weighted by molar-refractivity contribution is 5.89. The monoisotopic (exact) mass is 321 g/mol. The van der Waals surface area contributed by atoms with Crippen LogP contribution in [0.15, 0.2) is 22.8 Å². The highest BCUT2D eigenvalue weighted by Crippen LogP contribution is 2.21. The number of nitrogens with zero attached hydrogens (tertiary/aromatic N) is 2. The molecule has 0 bridgehead atoms. The van der Waals surface area contributed by atoms with Crippen LogP contribution in [0.4, 0.5) is 0 Å². The number of hydrogen-bond acceptors (Lipinski definition) is 4. The summed E-state index contributed by atoms with van der Waals surface area (Å²) in [7, 11) is 3.89. The summed E-state index contributed by atoms with van der Waals surface area (Å²) in [5, 5.41) is 2.97. The molecule has 2 amide bonds. The Morgan fingerprint density at radius 1 is 1.48 bits per heavy atom. The first-order chi connectivity index (χ1) is 10.9. The summed E-state index contributed by atoms with van der Waals surface area (Å²) in [6, 6.07) is 3.73. The van der Waals surface area contributed by atoms with Crippen molar-refractivity contribution in [2.24, 2.45) is 11.8 Å². The first-order valence-corrected chi connectivity index (χ1v) is 8.13. The van der Waals surface area contributed by atoms with E-state index >= 15 is 0 Å². The van der Waals surface area contributed by atoms with Crippen LogP contribution in [-0.4, -0.2) is 55.3 Å². The molecular weight excluding hydrogens is 294 g/mol. The van der Waals surface area contributed by atoms with Crippen LogP contribution in [0.25, 0.3) is 0 Å². The Bertz CT molecular complexity index is 525. The van der Waals surface area contributed by atoms with Gasteiger partial charge < -0.3 is 14.6 Å². The van der Waals surface area contributed by atoms with Crippen molar-refractivity contribution in [1.82, 2.24) is 15.1 Å². The Hall–Kier alpha value is -1.82. The van der Waals surface area contributed by atoms with Crippen molar-refractivity contribution in [3.05, 3.63) is 24.2 Å². The zero-order valence-electron chi connectivity index (χ0n) is 14.4. The van der Waals surface area contributed by atoms with Gasteiger partial charge in [-0.3, -0.25) is 14.5 Å². The smallest absolute Gasteiger partial charge is 0.225 e. The van der Waals surface area contributed by atoms with E-state index in [-0.39, 0.29) is 23.8 Å². The fourth-order valence-corrected chi connectivity index (χ4v) is 2.93. The lowest BCUT2D eigenvalue weighted by Gasteiger charge is -2.23. The van der Waals surface area contributed by atoms with Crippen LogP contribution in [0.1, 0.15) is 32.1 Å². The standard InChI is InChI=1S/C17H27N3O3/c1-12(2)10-20-11-13(8-16(20)21)17(22)18-9-14(19(3)4)15-6-5-7-23-15/h5-7,12-14H,8-11H2,1-4H3,(H,18,22)/t13-,14-/m1/s1. The molecule has 0 unspecified atom stereocenters. The van der Waals surface area contributed by atoms with E-state index < -0.39 is 0 Å². The van der Waals surface area contributed by atoms with Crippen molar-refractivity contribution >= 4 is 11.8 Å². The zero-order chi connectivity index (χ0) is 17.0. The molecule has 1 aliphatic heterocycles. The lowest BCUT2D eigenvalue weighted by molar-refractivity contribution is -0.129. The van der Waals surface area contributed by atoms with Gasteiger partial charge in [0.05, 0.1) is 18.2 Å². The number of likely N-dealkylation sites (tertiary alicyclic amines) is 1. The normalized spacial score (nSPS) is 19.7. The molecule has 1 fully saturated rings. The van der Waals surface area contributed by atoms with Crippen molar-refractivity contribution in [2.45, 2.75) is 26.3 Å². The summed E-state index contributed by atoms with van der Waals surface area (Å²) in [5.41, 5.74) is 0. The number of rotatable bonds is 7. The third-order valence-corrected chi connectivity index (χ3v) is 4.14. The van der Waals surface area contributed by atoms with E-state index in [1.807, 2.05) is 31.1 Å². The molecule has 0 saturated carbocycles. The van der Waals surface area contributed by atoms with Crippen LogP contribution in [0, 0.1) is 11.8 Å². The molecule has 0 aliphatic carbocycles. The largest absolute Gasteiger partial charge is 0.468 e. The fourth-order valence-electron chi connectivity index (χ4n) is 2.93. The van der Waals surface area contributed by atoms with E-state index in [2.05, 4.69) is 19.2 Å². The second-order valence-electron chi connectivity index (χ2n) is 6.83. The van der Waals surface area contributed by atoms with Crippen molar-refractivity contribution in [3.63, 3.8) is 0 Å². The first-order valence-electron chi connectivity index (χ1n) is 8.13. The van der Waals surface area contributed by atoms with Crippen molar-refractivity contribution in [1.29, 1.82) is 0 Å². The second kappa shape index (κ2) is 7.64. The molecular formula is C17H27N3O3. The molecule has 2 atom stereocenters. The van der Waals surface area contributed by atoms with Gasteiger partial charge in [-0.2, -0.15) is 0 Å². The minimum absolute atomic E-state index is 0.0159. The van der Waals surface area contributed by atoms with E-state index in [0.29, 0.717) is 25.4 Å². The maximum absolute atomic E-state index is 12.4. The van der Waals surface area contributed by atoms with Crippen molar-refractivity contribution in [2.75, 3.05) is 33.7 Å². The van der Waals surface area contributed by atoms with Gasteiger partial charge in [0.1, 0.15) is 5.76 Å². The van der Waals surface area contributed by atoms with Gasteiger partial charge in [0, 0.05) is 26.1 Å². The lowest BCUT2D eigenvalue weighted by Crippen LogP contribution is -2.38. The molecule has 0 spiro atoms. The third-order valence-electron chi connectivity index (χ3n) is 4.14. The zero-order valence-corrected chi connectivity index (χ0v) is 14.4. The van der Waals surface area contributed by atoms with Crippen LogP contribution < -0.4 is 5.32 Å². The third kappa shape index (κ3) is 4.58. The van der Waals surface area contributed by atoms with Crippen molar-refractivity contribution < 1.29 is 14.0 Å². The van der Waals surface area contributed by atoms with Crippen molar-refractivity contribution in [3.8, 4) is 0 Å². The average molecular weight is 321 g/mol. The van der Waals surface area contributed by atoms with Crippen LogP contribution in [0.5, 0.6) is 0 Å². The Labute approximate surface area is 137 Å². The van der Waals surface area contributed by atoms with Crippen LogP contribution in [-0.2, 0) is 9.59 Å². The molecule has 1 saturated heterocycles. The predicted molar refractivity (Wildman–Crippen MR) is 87.7 cm³/mol. The SMILES string of the molecule is CC(C)CN1C[C@H](C(=O)NC[C@H](c2ccco2)N(C)C)CC1=O. The van der Waals surface area contributed by atoms with E-state index in [1.165, 1.54) is 0 Å². The number of hydrogen-bond donors (Lipinski definition) is 1. The molecule has 2 rings (SSSR count). The molecule has 0 aromatic carbocycles.